The first kappa shape index (κ1) is 44.7. The molecule has 0 aromatic heterocycles. The van der Waals surface area contributed by atoms with Gasteiger partial charge in [0.1, 0.15) is 31.6 Å². The average molecular weight is 521 g/mol. The Morgan fingerprint density at radius 2 is 0.478 bits per heavy atom. The Hall–Kier alpha value is 2.42. The van der Waals surface area contributed by atoms with Crippen LogP contribution in [0, 0.1) is 0 Å². The van der Waals surface area contributed by atoms with Gasteiger partial charge >= 0.3 is 46.6 Å². The van der Waals surface area contributed by atoms with Crippen molar-refractivity contribution in [3.05, 3.63) is 0 Å². The Bertz CT molecular complexity index is 310. The molecule has 23 heavy (non-hydrogen) atoms. The second-order valence-corrected chi connectivity index (χ2v) is 5.17. The predicted octanol–water partition coefficient (Wildman–Crippen LogP) is -7.86. The summed E-state index contributed by atoms with van der Waals surface area (Å²) in [5.74, 6) is 0. The smallest absolute Gasteiger partial charge is 0.786 e. The Labute approximate surface area is 170 Å². The fourth-order valence-corrected chi connectivity index (χ4v) is 0. The first-order valence-electron chi connectivity index (χ1n) is 2.87. The third kappa shape index (κ3) is 2090. The normalized spacial score (nSPS) is 10.3. The minimum atomic E-state index is -5.64. The van der Waals surface area contributed by atoms with Crippen LogP contribution >= 0.6 is 31.6 Å². The predicted molar refractivity (Wildman–Crippen MR) is 34.9 cm³/mol. The molecule has 0 saturated carbocycles. The molecule has 0 aromatic rings. The van der Waals surface area contributed by atoms with Crippen LogP contribution in [0.15, 0.2) is 0 Å². The maximum absolute atomic E-state index is 10.1. The molecular weight excluding hydrogens is 521 g/mol. The van der Waals surface area contributed by atoms with Crippen LogP contribution in [-0.2, 0) is 53.9 Å². The van der Waals surface area contributed by atoms with E-state index in [2.05, 4.69) is 0 Å². The van der Waals surface area contributed by atoms with Crippen molar-refractivity contribution in [2.45, 2.75) is 0 Å². The maximum atomic E-state index is 10.1. The zero-order valence-corrected chi connectivity index (χ0v) is 18.2. The third-order valence-corrected chi connectivity index (χ3v) is 0. The molecule has 0 N–H and O–H groups in total. The zero-order valence-electron chi connectivity index (χ0n) is 10.0. The van der Waals surface area contributed by atoms with Crippen molar-refractivity contribution >= 4 is 31.6 Å². The topological polar surface area (TPSA) is 253 Å². The van der Waals surface area contributed by atoms with E-state index in [1.165, 1.54) is 0 Å². The molecule has 2 radical (unpaired) electrons. The van der Waals surface area contributed by atoms with E-state index in [4.69, 9.17) is 57.4 Å². The van der Waals surface area contributed by atoms with Crippen LogP contribution in [0.25, 0.3) is 0 Å². The molecule has 23 heteroatoms. The maximum Gasteiger partial charge on any atom is 2.00 e. The van der Waals surface area contributed by atoms with E-state index in [-0.39, 0.29) is 65.2 Å². The number of rotatable bonds is 0. The summed E-state index contributed by atoms with van der Waals surface area (Å²) in [4.78, 5) is 67.5. The van der Waals surface area contributed by atoms with Gasteiger partial charge in [0.15, 0.2) is 0 Å². The van der Waals surface area contributed by atoms with E-state index in [0.717, 1.165) is 0 Å². The van der Waals surface area contributed by atoms with Crippen molar-refractivity contribution in [3.63, 3.8) is 0 Å². The van der Waals surface area contributed by atoms with Gasteiger partial charge in [0.2, 0.25) is 0 Å². The van der Waals surface area contributed by atoms with Gasteiger partial charge in [-0.2, -0.15) is 0 Å². The van der Waals surface area contributed by atoms with E-state index in [0.29, 0.717) is 0 Å². The molecule has 0 aliphatic carbocycles. The molecule has 12 nitrogen and oxygen atoms in total. The standard InChI is InChI=1S/4FH2O3P.Mn.Na.V/c4*1-5(2,3)4;;;/h4*(H2,2,3,4);;;/q;;;;+2;+1;/p-8. The van der Waals surface area contributed by atoms with Gasteiger partial charge in [-0.05, 0) is 0 Å². The minimum absolute atomic E-state index is 0. The van der Waals surface area contributed by atoms with Gasteiger partial charge in [-0.3, -0.25) is 0 Å². The number of hydrogen-bond donors (Lipinski definition) is 0. The molecule has 0 fully saturated rings. The van der Waals surface area contributed by atoms with E-state index >= 15 is 0 Å². The van der Waals surface area contributed by atoms with Crippen LogP contribution in [0.4, 0.5) is 16.8 Å². The molecule has 0 aromatic carbocycles. The van der Waals surface area contributed by atoms with Crippen molar-refractivity contribution in [1.82, 2.24) is 0 Å². The molecular formula is F4MnNaO12P4V-5. The monoisotopic (exact) mass is 521 g/mol. The molecule has 0 bridgehead atoms. The second-order valence-electron chi connectivity index (χ2n) is 1.72. The van der Waals surface area contributed by atoms with Gasteiger partial charge in [0.25, 0.3) is 0 Å². The minimum Gasteiger partial charge on any atom is -0.786 e. The van der Waals surface area contributed by atoms with Crippen molar-refractivity contribution in [1.29, 1.82) is 0 Å². The quantitative estimate of drug-likeness (QED) is 0.164. The molecule has 0 saturated heterocycles. The fraction of sp³-hybridized carbons (Fsp3) is 0. The van der Waals surface area contributed by atoms with Gasteiger partial charge in [0.05, 0.1) is 0 Å². The van der Waals surface area contributed by atoms with Crippen molar-refractivity contribution < 1.29 is 139 Å². The fourth-order valence-electron chi connectivity index (χ4n) is 0. The number of halogens is 4. The van der Waals surface area contributed by atoms with Crippen LogP contribution in [0.1, 0.15) is 0 Å². The summed E-state index contributed by atoms with van der Waals surface area (Å²) in [5.41, 5.74) is 0. The van der Waals surface area contributed by atoms with E-state index < -0.39 is 31.6 Å². The molecule has 0 aliphatic rings. The molecule has 0 aliphatic heterocycles. The SMILES string of the molecule is O=P([O-])([O-])F.O=P([O-])([O-])F.O=P([O-])([O-])F.O=P([O-])([O-])F.[Mn+2].[Na+].[V]. The summed E-state index contributed by atoms with van der Waals surface area (Å²) in [6.07, 6.45) is 0. The van der Waals surface area contributed by atoms with Gasteiger partial charge in [0, 0.05) is 18.6 Å². The molecule has 0 unspecified atom stereocenters. The van der Waals surface area contributed by atoms with Gasteiger partial charge in [-0.25, -0.2) is 16.8 Å². The van der Waals surface area contributed by atoms with Crippen molar-refractivity contribution in [2.24, 2.45) is 0 Å². The molecule has 0 spiro atoms. The first-order valence-corrected chi connectivity index (χ1v) is 8.60. The molecule has 138 valence electrons. The molecule has 0 amide bonds. The molecule has 0 atom stereocenters. The van der Waals surface area contributed by atoms with E-state index in [1.807, 2.05) is 0 Å². The second kappa shape index (κ2) is 19.2. The zero-order chi connectivity index (χ0) is 18.0. The van der Waals surface area contributed by atoms with Gasteiger partial charge < -0.3 is 57.4 Å². The first-order chi connectivity index (χ1) is 8.00. The van der Waals surface area contributed by atoms with Crippen LogP contribution in [0.5, 0.6) is 0 Å². The van der Waals surface area contributed by atoms with Crippen molar-refractivity contribution in [2.75, 3.05) is 0 Å². The number of hydrogen-bond acceptors (Lipinski definition) is 12. The summed E-state index contributed by atoms with van der Waals surface area (Å²) >= 11 is 0. The Kier molecular flexibility index (Phi) is 37.3. The molecule has 0 rings (SSSR count). The largest absolute Gasteiger partial charge is 2.00 e. The van der Waals surface area contributed by atoms with Crippen LogP contribution < -0.4 is 68.7 Å². The summed E-state index contributed by atoms with van der Waals surface area (Å²) < 4.78 is 74.3. The summed E-state index contributed by atoms with van der Waals surface area (Å²) in [6.45, 7) is 0. The summed E-state index contributed by atoms with van der Waals surface area (Å²) in [7, 11) is -22.6. The summed E-state index contributed by atoms with van der Waals surface area (Å²) in [6, 6.07) is 0. The van der Waals surface area contributed by atoms with Crippen LogP contribution in [-0.4, -0.2) is 0 Å². The van der Waals surface area contributed by atoms with Crippen molar-refractivity contribution in [3.8, 4) is 0 Å². The summed E-state index contributed by atoms with van der Waals surface area (Å²) in [5, 5.41) is 0. The Morgan fingerprint density at radius 1 is 0.478 bits per heavy atom. The van der Waals surface area contributed by atoms with Gasteiger partial charge in [-0.1, -0.05) is 0 Å². The molecule has 0 heterocycles. The van der Waals surface area contributed by atoms with Crippen LogP contribution in [0.3, 0.4) is 0 Å². The third-order valence-electron chi connectivity index (χ3n) is 0. The Balaban J connectivity index is -0.0000000284. The Morgan fingerprint density at radius 3 is 0.478 bits per heavy atom. The van der Waals surface area contributed by atoms with Gasteiger partial charge in [-0.15, -0.1) is 0 Å². The van der Waals surface area contributed by atoms with E-state index in [1.54, 1.807) is 0 Å². The average Bonchev–Trinajstić information content (AvgIpc) is 1.62. The van der Waals surface area contributed by atoms with E-state index in [9.17, 15) is 16.8 Å². The van der Waals surface area contributed by atoms with Crippen LogP contribution in [0.2, 0.25) is 0 Å².